The largest absolute Gasteiger partial charge is 0.336 e. The summed E-state index contributed by atoms with van der Waals surface area (Å²) >= 11 is 0. The molecule has 0 aromatic heterocycles. The average Bonchev–Trinajstić information content (AvgIpc) is 2.27. The fraction of sp³-hybridized carbons (Fsp3) is 0.533. The Morgan fingerprint density at radius 3 is 2.39 bits per heavy atom. The van der Waals surface area contributed by atoms with Crippen molar-refractivity contribution in [3.05, 3.63) is 35.1 Å². The van der Waals surface area contributed by atoms with Gasteiger partial charge in [0, 0.05) is 12.6 Å². The molecule has 3 heteroatoms. The van der Waals surface area contributed by atoms with Crippen molar-refractivity contribution in [1.29, 1.82) is 0 Å². The summed E-state index contributed by atoms with van der Waals surface area (Å²) in [4.78, 5) is 14.1. The number of benzene rings is 1. The second-order valence-electron chi connectivity index (χ2n) is 5.43. The van der Waals surface area contributed by atoms with Crippen molar-refractivity contribution in [3.8, 4) is 0 Å². The van der Waals surface area contributed by atoms with Crippen LogP contribution in [0.2, 0.25) is 0 Å². The highest BCUT2D eigenvalue weighted by atomic mass is 19.1. The van der Waals surface area contributed by atoms with Gasteiger partial charge in [0.2, 0.25) is 0 Å². The molecule has 18 heavy (non-hydrogen) atoms. The molecule has 0 saturated heterocycles. The Bertz CT molecular complexity index is 427. The van der Waals surface area contributed by atoms with Crippen LogP contribution in [0.1, 0.15) is 43.6 Å². The Balaban J connectivity index is 3.05. The van der Waals surface area contributed by atoms with Gasteiger partial charge in [-0.05, 0) is 38.8 Å². The van der Waals surface area contributed by atoms with E-state index in [9.17, 15) is 9.18 Å². The molecule has 0 aliphatic rings. The molecule has 0 radical (unpaired) electrons. The average molecular weight is 251 g/mol. The van der Waals surface area contributed by atoms with E-state index in [2.05, 4.69) is 13.8 Å². The minimum absolute atomic E-state index is 0.0693. The normalized spacial score (nSPS) is 11.1. The van der Waals surface area contributed by atoms with E-state index in [0.29, 0.717) is 12.5 Å². The summed E-state index contributed by atoms with van der Waals surface area (Å²) < 4.78 is 13.7. The van der Waals surface area contributed by atoms with Crippen LogP contribution < -0.4 is 0 Å². The number of aryl methyl sites for hydroxylation is 1. The minimum atomic E-state index is -0.444. The standard InChI is InChI=1S/C15H22FNO/c1-10(2)9-17(11(3)4)15(18)13-8-12(5)6-7-14(13)16/h6-8,10-11H,9H2,1-5H3. The molecule has 1 aromatic carbocycles. The first-order valence-corrected chi connectivity index (χ1v) is 6.40. The highest BCUT2D eigenvalue weighted by molar-refractivity contribution is 5.94. The summed E-state index contributed by atoms with van der Waals surface area (Å²) in [7, 11) is 0. The molecule has 0 bridgehead atoms. The van der Waals surface area contributed by atoms with Gasteiger partial charge in [-0.2, -0.15) is 0 Å². The smallest absolute Gasteiger partial charge is 0.257 e. The molecule has 1 rings (SSSR count). The van der Waals surface area contributed by atoms with E-state index in [1.807, 2.05) is 20.8 Å². The number of nitrogens with zero attached hydrogens (tertiary/aromatic N) is 1. The molecule has 1 amide bonds. The molecular formula is C15H22FNO. The van der Waals surface area contributed by atoms with Gasteiger partial charge < -0.3 is 4.90 Å². The third-order valence-corrected chi connectivity index (χ3v) is 2.80. The maximum absolute atomic E-state index is 13.7. The van der Waals surface area contributed by atoms with Crippen LogP contribution in [0, 0.1) is 18.7 Å². The molecule has 2 nitrogen and oxygen atoms in total. The van der Waals surface area contributed by atoms with Gasteiger partial charge in [0.15, 0.2) is 0 Å². The molecule has 0 N–H and O–H groups in total. The summed E-state index contributed by atoms with van der Waals surface area (Å²) in [5.41, 5.74) is 1.07. The van der Waals surface area contributed by atoms with Crippen LogP contribution in [-0.2, 0) is 0 Å². The lowest BCUT2D eigenvalue weighted by atomic mass is 10.1. The highest BCUT2D eigenvalue weighted by Gasteiger charge is 2.22. The van der Waals surface area contributed by atoms with Crippen LogP contribution in [0.25, 0.3) is 0 Å². The lowest BCUT2D eigenvalue weighted by Gasteiger charge is -2.28. The fourth-order valence-corrected chi connectivity index (χ4v) is 1.88. The molecular weight excluding hydrogens is 229 g/mol. The van der Waals surface area contributed by atoms with E-state index in [0.717, 1.165) is 5.56 Å². The zero-order chi connectivity index (χ0) is 13.9. The van der Waals surface area contributed by atoms with E-state index in [1.165, 1.54) is 6.07 Å². The van der Waals surface area contributed by atoms with E-state index >= 15 is 0 Å². The number of rotatable bonds is 4. The number of amides is 1. The third kappa shape index (κ3) is 3.56. The van der Waals surface area contributed by atoms with Gasteiger partial charge in [0.05, 0.1) is 5.56 Å². The second-order valence-corrected chi connectivity index (χ2v) is 5.43. The minimum Gasteiger partial charge on any atom is -0.336 e. The van der Waals surface area contributed by atoms with Crippen LogP contribution in [-0.4, -0.2) is 23.4 Å². The maximum Gasteiger partial charge on any atom is 0.257 e. The van der Waals surface area contributed by atoms with E-state index < -0.39 is 5.82 Å². The SMILES string of the molecule is Cc1ccc(F)c(C(=O)N(CC(C)C)C(C)C)c1. The summed E-state index contributed by atoms with van der Waals surface area (Å²) in [5.74, 6) is -0.302. The lowest BCUT2D eigenvalue weighted by Crippen LogP contribution is -2.39. The Kier molecular flexibility index (Phi) is 4.88. The molecule has 0 atom stereocenters. The van der Waals surface area contributed by atoms with Crippen molar-refractivity contribution in [1.82, 2.24) is 4.90 Å². The predicted octanol–water partition coefficient (Wildman–Crippen LogP) is 3.64. The molecule has 0 aliphatic heterocycles. The summed E-state index contributed by atoms with van der Waals surface area (Å²) in [6.07, 6.45) is 0. The van der Waals surface area contributed by atoms with Crippen LogP contribution in [0.15, 0.2) is 18.2 Å². The van der Waals surface area contributed by atoms with Crippen molar-refractivity contribution in [2.75, 3.05) is 6.54 Å². The number of carbonyl (C=O) groups is 1. The van der Waals surface area contributed by atoms with Crippen molar-refractivity contribution in [2.45, 2.75) is 40.7 Å². The van der Waals surface area contributed by atoms with E-state index in [4.69, 9.17) is 0 Å². The zero-order valence-electron chi connectivity index (χ0n) is 11.8. The van der Waals surface area contributed by atoms with E-state index in [-0.39, 0.29) is 17.5 Å². The van der Waals surface area contributed by atoms with Gasteiger partial charge >= 0.3 is 0 Å². The molecule has 0 aliphatic carbocycles. The first-order valence-electron chi connectivity index (χ1n) is 6.40. The van der Waals surface area contributed by atoms with Crippen LogP contribution in [0.3, 0.4) is 0 Å². The van der Waals surface area contributed by atoms with Gasteiger partial charge in [-0.3, -0.25) is 4.79 Å². The Labute approximate surface area is 109 Å². The van der Waals surface area contributed by atoms with Gasteiger partial charge in [0.1, 0.15) is 5.82 Å². The number of halogens is 1. The van der Waals surface area contributed by atoms with Crippen LogP contribution in [0.5, 0.6) is 0 Å². The van der Waals surface area contributed by atoms with E-state index in [1.54, 1.807) is 17.0 Å². The summed E-state index contributed by atoms with van der Waals surface area (Å²) in [6, 6.07) is 4.72. The molecule has 0 spiro atoms. The first-order chi connectivity index (χ1) is 8.32. The third-order valence-electron chi connectivity index (χ3n) is 2.80. The van der Waals surface area contributed by atoms with Crippen LogP contribution >= 0.6 is 0 Å². The second kappa shape index (κ2) is 5.98. The summed E-state index contributed by atoms with van der Waals surface area (Å²) in [5, 5.41) is 0. The van der Waals surface area contributed by atoms with Gasteiger partial charge in [-0.1, -0.05) is 25.5 Å². The molecule has 0 heterocycles. The van der Waals surface area contributed by atoms with Crippen molar-refractivity contribution in [2.24, 2.45) is 5.92 Å². The predicted molar refractivity (Wildman–Crippen MR) is 72.1 cm³/mol. The van der Waals surface area contributed by atoms with Crippen LogP contribution in [0.4, 0.5) is 4.39 Å². The molecule has 0 saturated carbocycles. The van der Waals surface area contributed by atoms with Crippen molar-refractivity contribution in [3.63, 3.8) is 0 Å². The number of hydrogen-bond acceptors (Lipinski definition) is 1. The van der Waals surface area contributed by atoms with Gasteiger partial charge in [-0.15, -0.1) is 0 Å². The molecule has 1 aromatic rings. The summed E-state index contributed by atoms with van der Waals surface area (Å²) in [6.45, 7) is 10.5. The molecule has 0 unspecified atom stereocenters. The quantitative estimate of drug-likeness (QED) is 0.800. The van der Waals surface area contributed by atoms with Gasteiger partial charge in [-0.25, -0.2) is 4.39 Å². The zero-order valence-corrected chi connectivity index (χ0v) is 11.8. The topological polar surface area (TPSA) is 20.3 Å². The van der Waals surface area contributed by atoms with Crippen molar-refractivity contribution < 1.29 is 9.18 Å². The molecule has 0 fully saturated rings. The molecule has 100 valence electrons. The first kappa shape index (κ1) is 14.7. The monoisotopic (exact) mass is 251 g/mol. The Morgan fingerprint density at radius 2 is 1.89 bits per heavy atom. The van der Waals surface area contributed by atoms with Crippen molar-refractivity contribution >= 4 is 5.91 Å². The van der Waals surface area contributed by atoms with Gasteiger partial charge in [0.25, 0.3) is 5.91 Å². The Morgan fingerprint density at radius 1 is 1.28 bits per heavy atom. The highest BCUT2D eigenvalue weighted by Crippen LogP contribution is 2.15. The fourth-order valence-electron chi connectivity index (χ4n) is 1.88. The maximum atomic E-state index is 13.7. The number of carbonyl (C=O) groups excluding carboxylic acids is 1. The Hall–Kier alpha value is -1.38. The lowest BCUT2D eigenvalue weighted by molar-refractivity contribution is 0.0677. The number of hydrogen-bond donors (Lipinski definition) is 0.